The Labute approximate surface area is 121 Å². The normalized spacial score (nSPS) is 15.5. The third-order valence-electron chi connectivity index (χ3n) is 3.59. The summed E-state index contributed by atoms with van der Waals surface area (Å²) in [6.07, 6.45) is 4.28. The lowest BCUT2D eigenvalue weighted by Gasteiger charge is -2.11. The summed E-state index contributed by atoms with van der Waals surface area (Å²) in [6.45, 7) is 0. The van der Waals surface area contributed by atoms with Crippen LogP contribution in [0.5, 0.6) is 0 Å². The second-order valence-electron chi connectivity index (χ2n) is 5.00. The Morgan fingerprint density at radius 3 is 2.89 bits per heavy atom. The van der Waals surface area contributed by atoms with Gasteiger partial charge >= 0.3 is 0 Å². The molecule has 1 heterocycles. The molecule has 1 nitrogen and oxygen atoms in total. The van der Waals surface area contributed by atoms with Crippen molar-refractivity contribution in [3.05, 3.63) is 56.0 Å². The molecule has 1 aromatic carbocycles. The number of benzene rings is 1. The lowest BCUT2D eigenvalue weighted by atomic mass is 10.0. The van der Waals surface area contributed by atoms with Gasteiger partial charge in [-0.15, -0.1) is 11.3 Å². The van der Waals surface area contributed by atoms with Gasteiger partial charge in [-0.1, -0.05) is 17.7 Å². The number of aryl methyl sites for hydroxylation is 2. The lowest BCUT2D eigenvalue weighted by molar-refractivity contribution is 0.626. The van der Waals surface area contributed by atoms with E-state index < -0.39 is 0 Å². The Hall–Kier alpha value is -0.900. The van der Waals surface area contributed by atoms with Gasteiger partial charge in [0.1, 0.15) is 5.82 Å². The van der Waals surface area contributed by atoms with Crippen LogP contribution in [-0.4, -0.2) is 0 Å². The van der Waals surface area contributed by atoms with Gasteiger partial charge in [-0.3, -0.25) is 0 Å². The molecule has 0 amide bonds. The van der Waals surface area contributed by atoms with E-state index in [-0.39, 0.29) is 11.9 Å². The van der Waals surface area contributed by atoms with Crippen LogP contribution in [-0.2, 0) is 19.3 Å². The Balaban J connectivity index is 1.78. The van der Waals surface area contributed by atoms with Gasteiger partial charge in [0.15, 0.2) is 0 Å². The molecule has 3 rings (SSSR count). The molecule has 2 aromatic rings. The molecular formula is C15H15ClFNS. The van der Waals surface area contributed by atoms with Gasteiger partial charge in [-0.05, 0) is 55.0 Å². The topological polar surface area (TPSA) is 26.0 Å². The standard InChI is InChI=1S/C15H15ClFNS/c16-12-8-11(17)5-4-9(12)6-13(18)15-7-10-2-1-3-14(10)19-15/h4-5,7-8,13H,1-3,6,18H2. The smallest absolute Gasteiger partial charge is 0.124 e. The van der Waals surface area contributed by atoms with Crippen molar-refractivity contribution in [3.63, 3.8) is 0 Å². The van der Waals surface area contributed by atoms with E-state index in [1.54, 1.807) is 6.07 Å². The first-order valence-corrected chi connectivity index (χ1v) is 7.64. The van der Waals surface area contributed by atoms with E-state index in [0.29, 0.717) is 11.4 Å². The molecule has 0 bridgehead atoms. The number of thiophene rings is 1. The van der Waals surface area contributed by atoms with Crippen LogP contribution < -0.4 is 5.73 Å². The van der Waals surface area contributed by atoms with Crippen LogP contribution in [0.4, 0.5) is 4.39 Å². The molecule has 1 aliphatic rings. The van der Waals surface area contributed by atoms with Crippen molar-refractivity contribution < 1.29 is 4.39 Å². The van der Waals surface area contributed by atoms with E-state index in [1.165, 1.54) is 46.7 Å². The molecule has 4 heteroatoms. The predicted octanol–water partition coefficient (Wildman–Crippen LogP) is 4.27. The number of hydrogen-bond acceptors (Lipinski definition) is 2. The molecular weight excluding hydrogens is 281 g/mol. The van der Waals surface area contributed by atoms with Gasteiger partial charge in [0, 0.05) is 20.8 Å². The maximum absolute atomic E-state index is 13.0. The Bertz CT molecular complexity index is 587. The van der Waals surface area contributed by atoms with Gasteiger partial charge in [-0.2, -0.15) is 0 Å². The van der Waals surface area contributed by atoms with E-state index in [0.717, 1.165) is 5.56 Å². The fourth-order valence-corrected chi connectivity index (χ4v) is 4.06. The van der Waals surface area contributed by atoms with Crippen LogP contribution in [0.15, 0.2) is 24.3 Å². The number of fused-ring (bicyclic) bond motifs is 1. The van der Waals surface area contributed by atoms with Crippen LogP contribution >= 0.6 is 22.9 Å². The summed E-state index contributed by atoms with van der Waals surface area (Å²) in [5.74, 6) is -0.308. The fourth-order valence-electron chi connectivity index (χ4n) is 2.56. The molecule has 0 radical (unpaired) electrons. The number of rotatable bonds is 3. The SMILES string of the molecule is NC(Cc1ccc(F)cc1Cl)c1cc2c(s1)CCC2. The molecule has 19 heavy (non-hydrogen) atoms. The molecule has 100 valence electrons. The van der Waals surface area contributed by atoms with E-state index in [2.05, 4.69) is 6.07 Å². The Morgan fingerprint density at radius 1 is 1.32 bits per heavy atom. The van der Waals surface area contributed by atoms with Crippen molar-refractivity contribution in [3.8, 4) is 0 Å². The largest absolute Gasteiger partial charge is 0.323 e. The van der Waals surface area contributed by atoms with Gasteiger partial charge in [0.05, 0.1) is 0 Å². The predicted molar refractivity (Wildman–Crippen MR) is 78.4 cm³/mol. The summed E-state index contributed by atoms with van der Waals surface area (Å²) in [5, 5.41) is 0.458. The number of halogens is 2. The highest BCUT2D eigenvalue weighted by atomic mass is 35.5. The van der Waals surface area contributed by atoms with Crippen LogP contribution in [0, 0.1) is 5.82 Å². The third-order valence-corrected chi connectivity index (χ3v) is 5.31. The van der Waals surface area contributed by atoms with Crippen molar-refractivity contribution >= 4 is 22.9 Å². The molecule has 0 saturated heterocycles. The van der Waals surface area contributed by atoms with Crippen molar-refractivity contribution in [1.82, 2.24) is 0 Å². The fraction of sp³-hybridized carbons (Fsp3) is 0.333. The van der Waals surface area contributed by atoms with Gasteiger partial charge in [0.25, 0.3) is 0 Å². The van der Waals surface area contributed by atoms with E-state index in [4.69, 9.17) is 17.3 Å². The lowest BCUT2D eigenvalue weighted by Crippen LogP contribution is -2.12. The summed E-state index contributed by atoms with van der Waals surface area (Å²) >= 11 is 7.86. The van der Waals surface area contributed by atoms with E-state index >= 15 is 0 Å². The van der Waals surface area contributed by atoms with Crippen LogP contribution in [0.1, 0.15) is 33.3 Å². The zero-order chi connectivity index (χ0) is 13.4. The number of hydrogen-bond donors (Lipinski definition) is 1. The number of nitrogens with two attached hydrogens (primary N) is 1. The van der Waals surface area contributed by atoms with Crippen molar-refractivity contribution in [1.29, 1.82) is 0 Å². The summed E-state index contributed by atoms with van der Waals surface area (Å²) in [5.41, 5.74) is 8.62. The highest BCUT2D eigenvalue weighted by Gasteiger charge is 2.18. The van der Waals surface area contributed by atoms with Crippen LogP contribution in [0.2, 0.25) is 5.02 Å². The summed E-state index contributed by atoms with van der Waals surface area (Å²) in [6, 6.07) is 6.67. The van der Waals surface area contributed by atoms with Gasteiger partial charge < -0.3 is 5.73 Å². The first-order valence-electron chi connectivity index (χ1n) is 6.44. The molecule has 0 saturated carbocycles. The quantitative estimate of drug-likeness (QED) is 0.899. The average molecular weight is 296 g/mol. The maximum Gasteiger partial charge on any atom is 0.124 e. The van der Waals surface area contributed by atoms with Crippen molar-refractivity contribution in [2.24, 2.45) is 5.73 Å². The molecule has 1 aliphatic carbocycles. The minimum Gasteiger partial charge on any atom is -0.323 e. The molecule has 0 aliphatic heterocycles. The molecule has 1 atom stereocenters. The second kappa shape index (κ2) is 5.23. The Kier molecular flexibility index (Phi) is 3.61. The molecule has 1 aromatic heterocycles. The zero-order valence-corrected chi connectivity index (χ0v) is 12.0. The second-order valence-corrected chi connectivity index (χ2v) is 6.57. The highest BCUT2D eigenvalue weighted by Crippen LogP contribution is 2.34. The molecule has 1 unspecified atom stereocenters. The highest BCUT2D eigenvalue weighted by molar-refractivity contribution is 7.12. The first-order chi connectivity index (χ1) is 9.13. The van der Waals surface area contributed by atoms with Gasteiger partial charge in [0.2, 0.25) is 0 Å². The van der Waals surface area contributed by atoms with Crippen molar-refractivity contribution in [2.75, 3.05) is 0 Å². The first kappa shape index (κ1) is 13.1. The summed E-state index contributed by atoms with van der Waals surface area (Å²) < 4.78 is 13.0. The molecule has 2 N–H and O–H groups in total. The zero-order valence-electron chi connectivity index (χ0n) is 10.5. The van der Waals surface area contributed by atoms with Gasteiger partial charge in [-0.25, -0.2) is 4.39 Å². The molecule has 0 fully saturated rings. The third kappa shape index (κ3) is 2.69. The monoisotopic (exact) mass is 295 g/mol. The molecule has 0 spiro atoms. The van der Waals surface area contributed by atoms with Crippen LogP contribution in [0.25, 0.3) is 0 Å². The van der Waals surface area contributed by atoms with E-state index in [9.17, 15) is 4.39 Å². The minimum atomic E-state index is -0.308. The minimum absolute atomic E-state index is 0.0569. The van der Waals surface area contributed by atoms with Crippen molar-refractivity contribution in [2.45, 2.75) is 31.7 Å². The maximum atomic E-state index is 13.0. The average Bonchev–Trinajstić information content (AvgIpc) is 2.93. The summed E-state index contributed by atoms with van der Waals surface area (Å²) in [7, 11) is 0. The van der Waals surface area contributed by atoms with Crippen LogP contribution in [0.3, 0.4) is 0 Å². The van der Waals surface area contributed by atoms with E-state index in [1.807, 2.05) is 11.3 Å². The Morgan fingerprint density at radius 2 is 2.16 bits per heavy atom. The summed E-state index contributed by atoms with van der Waals surface area (Å²) in [4.78, 5) is 2.70.